The van der Waals surface area contributed by atoms with E-state index in [1.165, 1.54) is 11.8 Å². The van der Waals surface area contributed by atoms with Crippen LogP contribution in [0.5, 0.6) is 5.75 Å². The van der Waals surface area contributed by atoms with Gasteiger partial charge in [0.25, 0.3) is 0 Å². The fourth-order valence-corrected chi connectivity index (χ4v) is 4.73. The first-order valence-electron chi connectivity index (χ1n) is 10.8. The molecule has 32 heavy (non-hydrogen) atoms. The highest BCUT2D eigenvalue weighted by Crippen LogP contribution is 2.29. The fraction of sp³-hybridized carbons (Fsp3) is 0.320. The number of hydrogen-bond acceptors (Lipinski definition) is 5. The Hall–Kier alpha value is -3.06. The molecular formula is C25H28N4O2S. The van der Waals surface area contributed by atoms with Crippen molar-refractivity contribution in [3.8, 4) is 5.75 Å². The molecule has 166 valence electrons. The molecule has 0 aliphatic heterocycles. The average Bonchev–Trinajstić information content (AvgIpc) is 3.35. The number of ketones is 1. The molecule has 0 spiro atoms. The van der Waals surface area contributed by atoms with Gasteiger partial charge in [0.05, 0.1) is 12.4 Å². The number of carbonyl (C=O) groups is 1. The summed E-state index contributed by atoms with van der Waals surface area (Å²) in [5.74, 6) is 1.80. The van der Waals surface area contributed by atoms with Crippen LogP contribution in [0.3, 0.4) is 0 Å². The average molecular weight is 449 g/mol. The van der Waals surface area contributed by atoms with Crippen molar-refractivity contribution in [2.24, 2.45) is 7.05 Å². The van der Waals surface area contributed by atoms with Gasteiger partial charge in [-0.3, -0.25) is 4.79 Å². The molecule has 2 aromatic carbocycles. The molecule has 4 rings (SSSR count). The standard InChI is InChI=1S/C25H28N4O2S/c1-5-14-29-16-21(20-8-6-7-9-22(20)29)24(30)17(2)32-25-27-26-23(28(25)3)15-18-10-12-19(31-4)13-11-18/h6-13,16-17H,5,14-15H2,1-4H3. The summed E-state index contributed by atoms with van der Waals surface area (Å²) < 4.78 is 9.37. The Morgan fingerprint density at radius 3 is 2.59 bits per heavy atom. The predicted molar refractivity (Wildman–Crippen MR) is 129 cm³/mol. The molecule has 0 radical (unpaired) electrons. The lowest BCUT2D eigenvalue weighted by molar-refractivity contribution is 0.0995. The van der Waals surface area contributed by atoms with Crippen LogP contribution in [0.1, 0.15) is 42.0 Å². The number of aryl methyl sites for hydroxylation is 1. The third-order valence-electron chi connectivity index (χ3n) is 5.62. The van der Waals surface area contributed by atoms with Gasteiger partial charge in [-0.2, -0.15) is 0 Å². The number of benzene rings is 2. The van der Waals surface area contributed by atoms with Crippen LogP contribution in [0.4, 0.5) is 0 Å². The summed E-state index contributed by atoms with van der Waals surface area (Å²) in [6, 6.07) is 16.0. The molecule has 2 aromatic heterocycles. The Morgan fingerprint density at radius 2 is 1.88 bits per heavy atom. The summed E-state index contributed by atoms with van der Waals surface area (Å²) in [6.07, 6.45) is 3.69. The summed E-state index contributed by atoms with van der Waals surface area (Å²) >= 11 is 1.45. The number of carbonyl (C=O) groups excluding carboxylic acids is 1. The van der Waals surface area contributed by atoms with Gasteiger partial charge < -0.3 is 13.9 Å². The summed E-state index contributed by atoms with van der Waals surface area (Å²) in [5.41, 5.74) is 3.01. The fourth-order valence-electron chi connectivity index (χ4n) is 3.83. The second-order valence-electron chi connectivity index (χ2n) is 7.86. The molecular weight excluding hydrogens is 420 g/mol. The largest absolute Gasteiger partial charge is 0.497 e. The summed E-state index contributed by atoms with van der Waals surface area (Å²) in [6.45, 7) is 4.98. The van der Waals surface area contributed by atoms with Gasteiger partial charge >= 0.3 is 0 Å². The highest BCUT2D eigenvalue weighted by molar-refractivity contribution is 8.00. The molecule has 0 saturated carbocycles. The first-order chi connectivity index (χ1) is 15.5. The van der Waals surface area contributed by atoms with Crippen LogP contribution < -0.4 is 4.74 Å². The molecule has 0 bridgehead atoms. The molecule has 6 nitrogen and oxygen atoms in total. The van der Waals surface area contributed by atoms with Gasteiger partial charge in [-0.05, 0) is 37.1 Å². The maximum atomic E-state index is 13.3. The maximum Gasteiger partial charge on any atom is 0.191 e. The number of fused-ring (bicyclic) bond motifs is 1. The molecule has 2 heterocycles. The Balaban J connectivity index is 1.51. The maximum absolute atomic E-state index is 13.3. The van der Waals surface area contributed by atoms with Crippen molar-refractivity contribution in [3.05, 3.63) is 71.7 Å². The number of aromatic nitrogens is 4. The van der Waals surface area contributed by atoms with E-state index in [1.54, 1.807) is 7.11 Å². The van der Waals surface area contributed by atoms with Gasteiger partial charge in [0.1, 0.15) is 11.6 Å². The van der Waals surface area contributed by atoms with Crippen LogP contribution in [0, 0.1) is 0 Å². The second kappa shape index (κ2) is 9.61. The van der Waals surface area contributed by atoms with Crippen molar-refractivity contribution in [3.63, 3.8) is 0 Å². The summed E-state index contributed by atoms with van der Waals surface area (Å²) in [5, 5.41) is 10.2. The normalized spacial score (nSPS) is 12.2. The number of Topliss-reactive ketones (excluding diaryl/α,β-unsaturated/α-hetero) is 1. The predicted octanol–water partition coefficient (Wildman–Crippen LogP) is 5.14. The minimum absolute atomic E-state index is 0.112. The third kappa shape index (κ3) is 4.43. The number of nitrogens with zero attached hydrogens (tertiary/aromatic N) is 4. The minimum Gasteiger partial charge on any atom is -0.497 e. The molecule has 0 saturated heterocycles. The van der Waals surface area contributed by atoms with Crippen LogP contribution in [0.2, 0.25) is 0 Å². The Kier molecular flexibility index (Phi) is 6.65. The van der Waals surface area contributed by atoms with Crippen molar-refractivity contribution in [2.45, 2.75) is 43.6 Å². The van der Waals surface area contributed by atoms with Crippen LogP contribution in [-0.4, -0.2) is 37.5 Å². The van der Waals surface area contributed by atoms with Crippen molar-refractivity contribution in [1.82, 2.24) is 19.3 Å². The zero-order valence-corrected chi connectivity index (χ0v) is 19.7. The number of rotatable bonds is 9. The van der Waals surface area contributed by atoms with Gasteiger partial charge in [0.2, 0.25) is 0 Å². The molecule has 0 fully saturated rings. The molecule has 1 unspecified atom stereocenters. The number of thioether (sulfide) groups is 1. The Labute approximate surface area is 192 Å². The molecule has 1 atom stereocenters. The van der Waals surface area contributed by atoms with Gasteiger partial charge in [0, 0.05) is 42.7 Å². The van der Waals surface area contributed by atoms with Crippen LogP contribution in [-0.2, 0) is 20.0 Å². The SMILES string of the molecule is CCCn1cc(C(=O)C(C)Sc2nnc(Cc3ccc(OC)cc3)n2C)c2ccccc21. The molecule has 7 heteroatoms. The Morgan fingerprint density at radius 1 is 1.12 bits per heavy atom. The quantitative estimate of drug-likeness (QED) is 0.262. The lowest BCUT2D eigenvalue weighted by Gasteiger charge is -2.10. The van der Waals surface area contributed by atoms with E-state index in [2.05, 4.69) is 27.8 Å². The smallest absolute Gasteiger partial charge is 0.191 e. The first-order valence-corrected chi connectivity index (χ1v) is 11.7. The molecule has 0 aliphatic rings. The zero-order valence-electron chi connectivity index (χ0n) is 18.9. The van der Waals surface area contributed by atoms with E-state index in [9.17, 15) is 4.79 Å². The van der Waals surface area contributed by atoms with Gasteiger partial charge in [-0.15, -0.1) is 10.2 Å². The molecule has 0 aliphatic carbocycles. The third-order valence-corrected chi connectivity index (χ3v) is 6.75. The monoisotopic (exact) mass is 448 g/mol. The van der Waals surface area contributed by atoms with Crippen molar-refractivity contribution >= 4 is 28.4 Å². The van der Waals surface area contributed by atoms with E-state index in [-0.39, 0.29) is 11.0 Å². The van der Waals surface area contributed by atoms with Crippen molar-refractivity contribution < 1.29 is 9.53 Å². The summed E-state index contributed by atoms with van der Waals surface area (Å²) in [4.78, 5) is 13.3. The van der Waals surface area contributed by atoms with Crippen LogP contribution in [0.25, 0.3) is 10.9 Å². The van der Waals surface area contributed by atoms with E-state index in [4.69, 9.17) is 4.74 Å². The molecule has 4 aromatic rings. The van der Waals surface area contributed by atoms with Crippen LogP contribution in [0.15, 0.2) is 59.9 Å². The van der Waals surface area contributed by atoms with Gasteiger partial charge in [-0.25, -0.2) is 0 Å². The zero-order chi connectivity index (χ0) is 22.7. The van der Waals surface area contributed by atoms with E-state index in [0.29, 0.717) is 6.42 Å². The topological polar surface area (TPSA) is 61.9 Å². The number of methoxy groups -OCH3 is 1. The lowest BCUT2D eigenvalue weighted by Crippen LogP contribution is -2.14. The van der Waals surface area contributed by atoms with E-state index < -0.39 is 0 Å². The molecule has 0 N–H and O–H groups in total. The first kappa shape index (κ1) is 22.1. The van der Waals surface area contributed by atoms with E-state index in [0.717, 1.165) is 51.7 Å². The minimum atomic E-state index is -0.271. The van der Waals surface area contributed by atoms with Crippen LogP contribution >= 0.6 is 11.8 Å². The van der Waals surface area contributed by atoms with Gasteiger partial charge in [0.15, 0.2) is 10.9 Å². The van der Waals surface area contributed by atoms with E-state index >= 15 is 0 Å². The number of hydrogen-bond donors (Lipinski definition) is 0. The summed E-state index contributed by atoms with van der Waals surface area (Å²) in [7, 11) is 3.61. The number of ether oxygens (including phenoxy) is 1. The molecule has 0 amide bonds. The Bertz CT molecular complexity index is 1230. The highest BCUT2D eigenvalue weighted by atomic mass is 32.2. The lowest BCUT2D eigenvalue weighted by atomic mass is 10.1. The van der Waals surface area contributed by atoms with Crippen molar-refractivity contribution in [2.75, 3.05) is 7.11 Å². The van der Waals surface area contributed by atoms with Gasteiger partial charge in [-0.1, -0.05) is 49.0 Å². The second-order valence-corrected chi connectivity index (χ2v) is 9.17. The number of para-hydroxylation sites is 1. The van der Waals surface area contributed by atoms with Crippen molar-refractivity contribution in [1.29, 1.82) is 0 Å². The highest BCUT2D eigenvalue weighted by Gasteiger charge is 2.23. The van der Waals surface area contributed by atoms with E-state index in [1.807, 2.05) is 67.2 Å².